The molecule has 0 saturated heterocycles. The molecule has 0 aliphatic rings. The molecule has 0 spiro atoms. The molecule has 3 aromatic rings. The van der Waals surface area contributed by atoms with Crippen molar-refractivity contribution in [2.75, 3.05) is 34.9 Å². The van der Waals surface area contributed by atoms with Gasteiger partial charge in [0.15, 0.2) is 17.5 Å². The average molecular weight is 535 g/mol. The summed E-state index contributed by atoms with van der Waals surface area (Å²) in [5, 5.41) is 9.22. The second-order valence-electron chi connectivity index (χ2n) is 6.82. The van der Waals surface area contributed by atoms with Gasteiger partial charge in [-0.1, -0.05) is 42.5 Å². The van der Waals surface area contributed by atoms with Gasteiger partial charge in [-0.05, 0) is 40.5 Å². The maximum atomic E-state index is 5.42. The predicted molar refractivity (Wildman–Crippen MR) is 137 cm³/mol. The molecule has 0 aliphatic carbocycles. The van der Waals surface area contributed by atoms with Crippen LogP contribution >= 0.6 is 24.0 Å². The van der Waals surface area contributed by atoms with Gasteiger partial charge in [0.05, 0.1) is 21.3 Å². The highest BCUT2D eigenvalue weighted by molar-refractivity contribution is 14.0. The van der Waals surface area contributed by atoms with Crippen LogP contribution in [0.4, 0.5) is 0 Å². The SMILES string of the molecule is CN=C(NCCc1ccc2ccccc2c1)NCc1cc(OC)c(OC)c(OC)c1.I. The molecular weight excluding hydrogens is 505 g/mol. The van der Waals surface area contributed by atoms with Crippen molar-refractivity contribution in [1.29, 1.82) is 0 Å². The maximum absolute atomic E-state index is 5.42. The zero-order chi connectivity index (χ0) is 21.3. The molecule has 0 aliphatic heterocycles. The lowest BCUT2D eigenvalue weighted by molar-refractivity contribution is 0.323. The van der Waals surface area contributed by atoms with E-state index >= 15 is 0 Å². The standard InChI is InChI=1S/C24H29N3O3.HI/c1-25-24(26-12-11-17-9-10-19-7-5-6-8-20(19)13-17)27-16-18-14-21(28-2)23(30-4)22(15-18)29-3;/h5-10,13-15H,11-12,16H2,1-4H3,(H2,25,26,27);1H. The minimum atomic E-state index is 0. The molecule has 0 radical (unpaired) electrons. The summed E-state index contributed by atoms with van der Waals surface area (Å²) < 4.78 is 16.2. The number of aliphatic imine (C=N–C) groups is 1. The number of methoxy groups -OCH3 is 3. The van der Waals surface area contributed by atoms with Crippen LogP contribution in [0.1, 0.15) is 11.1 Å². The van der Waals surface area contributed by atoms with Gasteiger partial charge < -0.3 is 24.8 Å². The molecule has 6 nitrogen and oxygen atoms in total. The Kier molecular flexibility index (Phi) is 9.71. The molecule has 0 amide bonds. The van der Waals surface area contributed by atoms with E-state index in [1.54, 1.807) is 28.4 Å². The Morgan fingerprint density at radius 3 is 2.10 bits per heavy atom. The zero-order valence-electron chi connectivity index (χ0n) is 18.4. The van der Waals surface area contributed by atoms with Crippen LogP contribution in [0, 0.1) is 0 Å². The lowest BCUT2D eigenvalue weighted by Gasteiger charge is -2.16. The zero-order valence-corrected chi connectivity index (χ0v) is 20.7. The molecule has 3 rings (SSSR count). The van der Waals surface area contributed by atoms with E-state index in [-0.39, 0.29) is 24.0 Å². The van der Waals surface area contributed by atoms with Crippen molar-refractivity contribution in [3.63, 3.8) is 0 Å². The Labute approximate surface area is 201 Å². The van der Waals surface area contributed by atoms with Crippen LogP contribution in [-0.4, -0.2) is 40.9 Å². The summed E-state index contributed by atoms with van der Waals surface area (Å²) in [5.41, 5.74) is 2.29. The van der Waals surface area contributed by atoms with Crippen molar-refractivity contribution in [3.05, 3.63) is 65.7 Å². The number of benzene rings is 3. The van der Waals surface area contributed by atoms with Crippen molar-refractivity contribution >= 4 is 40.7 Å². The smallest absolute Gasteiger partial charge is 0.203 e. The van der Waals surface area contributed by atoms with Gasteiger partial charge in [0, 0.05) is 20.1 Å². The molecule has 0 fully saturated rings. The third-order valence-electron chi connectivity index (χ3n) is 4.93. The van der Waals surface area contributed by atoms with Crippen molar-refractivity contribution in [3.8, 4) is 17.2 Å². The summed E-state index contributed by atoms with van der Waals surface area (Å²) in [6.45, 7) is 1.36. The number of fused-ring (bicyclic) bond motifs is 1. The topological polar surface area (TPSA) is 64.1 Å². The number of ether oxygens (including phenoxy) is 3. The van der Waals surface area contributed by atoms with E-state index in [0.29, 0.717) is 23.8 Å². The molecule has 0 atom stereocenters. The minimum absolute atomic E-state index is 0. The number of halogens is 1. The summed E-state index contributed by atoms with van der Waals surface area (Å²) in [6, 6.07) is 18.8. The Morgan fingerprint density at radius 1 is 0.806 bits per heavy atom. The average Bonchev–Trinajstić information content (AvgIpc) is 2.80. The van der Waals surface area contributed by atoms with Crippen molar-refractivity contribution in [2.45, 2.75) is 13.0 Å². The fourth-order valence-corrected chi connectivity index (χ4v) is 3.36. The van der Waals surface area contributed by atoms with Gasteiger partial charge in [0.25, 0.3) is 0 Å². The van der Waals surface area contributed by atoms with E-state index in [1.165, 1.54) is 16.3 Å². The third-order valence-corrected chi connectivity index (χ3v) is 4.93. The van der Waals surface area contributed by atoms with E-state index in [1.807, 2.05) is 12.1 Å². The summed E-state index contributed by atoms with van der Waals surface area (Å²) in [4.78, 5) is 4.31. The second-order valence-corrected chi connectivity index (χ2v) is 6.82. The second kappa shape index (κ2) is 12.2. The Balaban J connectivity index is 0.00000341. The monoisotopic (exact) mass is 535 g/mol. The molecule has 0 bridgehead atoms. The van der Waals surface area contributed by atoms with Gasteiger partial charge in [-0.2, -0.15) is 0 Å². The van der Waals surface area contributed by atoms with E-state index in [0.717, 1.165) is 24.5 Å². The Bertz CT molecular complexity index is 999. The molecule has 166 valence electrons. The molecular formula is C24H30IN3O3. The van der Waals surface area contributed by atoms with Crippen LogP contribution in [-0.2, 0) is 13.0 Å². The van der Waals surface area contributed by atoms with E-state index in [9.17, 15) is 0 Å². The fraction of sp³-hybridized carbons (Fsp3) is 0.292. The van der Waals surface area contributed by atoms with E-state index in [2.05, 4.69) is 58.1 Å². The fourth-order valence-electron chi connectivity index (χ4n) is 3.36. The minimum Gasteiger partial charge on any atom is -0.493 e. The highest BCUT2D eigenvalue weighted by atomic mass is 127. The summed E-state index contributed by atoms with van der Waals surface area (Å²) in [7, 11) is 6.59. The first-order valence-electron chi connectivity index (χ1n) is 9.89. The summed E-state index contributed by atoms with van der Waals surface area (Å²) >= 11 is 0. The summed E-state index contributed by atoms with van der Waals surface area (Å²) in [6.07, 6.45) is 0.912. The first-order chi connectivity index (χ1) is 14.7. The van der Waals surface area contributed by atoms with Gasteiger partial charge in [-0.15, -0.1) is 24.0 Å². The quantitative estimate of drug-likeness (QED) is 0.255. The summed E-state index contributed by atoms with van der Waals surface area (Å²) in [5.74, 6) is 2.59. The van der Waals surface area contributed by atoms with Gasteiger partial charge in [-0.25, -0.2) is 0 Å². The molecule has 7 heteroatoms. The van der Waals surface area contributed by atoms with Gasteiger partial charge in [-0.3, -0.25) is 4.99 Å². The van der Waals surface area contributed by atoms with Crippen LogP contribution in [0.25, 0.3) is 10.8 Å². The van der Waals surface area contributed by atoms with Crippen LogP contribution in [0.2, 0.25) is 0 Å². The van der Waals surface area contributed by atoms with Gasteiger partial charge >= 0.3 is 0 Å². The van der Waals surface area contributed by atoms with E-state index < -0.39 is 0 Å². The lowest BCUT2D eigenvalue weighted by Crippen LogP contribution is -2.37. The first kappa shape index (κ1) is 24.6. The number of hydrogen-bond acceptors (Lipinski definition) is 4. The number of nitrogens with zero attached hydrogens (tertiary/aromatic N) is 1. The van der Waals surface area contributed by atoms with Crippen molar-refractivity contribution in [2.24, 2.45) is 4.99 Å². The first-order valence-corrected chi connectivity index (χ1v) is 9.89. The maximum Gasteiger partial charge on any atom is 0.203 e. The highest BCUT2D eigenvalue weighted by Crippen LogP contribution is 2.38. The van der Waals surface area contributed by atoms with Crippen molar-refractivity contribution in [1.82, 2.24) is 10.6 Å². The molecule has 31 heavy (non-hydrogen) atoms. The third kappa shape index (κ3) is 6.40. The highest BCUT2D eigenvalue weighted by Gasteiger charge is 2.13. The lowest BCUT2D eigenvalue weighted by atomic mass is 10.1. The number of rotatable bonds is 8. The van der Waals surface area contributed by atoms with Crippen LogP contribution in [0.3, 0.4) is 0 Å². The molecule has 0 saturated carbocycles. The van der Waals surface area contributed by atoms with Gasteiger partial charge in [0.2, 0.25) is 5.75 Å². The van der Waals surface area contributed by atoms with Crippen LogP contribution < -0.4 is 24.8 Å². The van der Waals surface area contributed by atoms with Crippen LogP contribution in [0.15, 0.2) is 59.6 Å². The van der Waals surface area contributed by atoms with E-state index in [4.69, 9.17) is 14.2 Å². The number of guanidine groups is 1. The largest absolute Gasteiger partial charge is 0.493 e. The van der Waals surface area contributed by atoms with Crippen LogP contribution in [0.5, 0.6) is 17.2 Å². The molecule has 0 aromatic heterocycles. The van der Waals surface area contributed by atoms with Gasteiger partial charge in [0.1, 0.15) is 0 Å². The molecule has 0 unspecified atom stereocenters. The molecule has 0 heterocycles. The number of hydrogen-bond donors (Lipinski definition) is 2. The van der Waals surface area contributed by atoms with Crippen molar-refractivity contribution < 1.29 is 14.2 Å². The number of nitrogens with one attached hydrogen (secondary N) is 2. The Hall–Kier alpha value is -2.68. The molecule has 2 N–H and O–H groups in total. The molecule has 3 aromatic carbocycles. The Morgan fingerprint density at radius 2 is 1.48 bits per heavy atom. The predicted octanol–water partition coefficient (Wildman–Crippen LogP) is 4.39. The normalized spacial score (nSPS) is 10.9.